The van der Waals surface area contributed by atoms with Gasteiger partial charge >= 0.3 is 0 Å². The van der Waals surface area contributed by atoms with E-state index in [1.165, 1.54) is 4.88 Å². The Hall–Kier alpha value is -1.68. The van der Waals surface area contributed by atoms with Crippen molar-refractivity contribution in [2.45, 2.75) is 6.42 Å². The molecule has 2 aromatic rings. The zero-order valence-electron chi connectivity index (χ0n) is 10.0. The van der Waals surface area contributed by atoms with Crippen LogP contribution in [0.4, 0.5) is 5.69 Å². The van der Waals surface area contributed by atoms with E-state index in [-0.39, 0.29) is 0 Å². The summed E-state index contributed by atoms with van der Waals surface area (Å²) in [4.78, 5) is 1.40. The summed E-state index contributed by atoms with van der Waals surface area (Å²) in [5.41, 5.74) is 1.08. The largest absolute Gasteiger partial charge is 0.486 e. The number of nitrogens with one attached hydrogen (secondary N) is 1. The van der Waals surface area contributed by atoms with Crippen molar-refractivity contribution in [1.29, 1.82) is 0 Å². The Bertz CT molecular complexity index is 511. The van der Waals surface area contributed by atoms with Crippen LogP contribution in [-0.2, 0) is 6.42 Å². The Balaban J connectivity index is 1.59. The molecule has 1 aliphatic heterocycles. The molecule has 0 aliphatic carbocycles. The molecule has 4 heteroatoms. The minimum Gasteiger partial charge on any atom is -0.486 e. The van der Waals surface area contributed by atoms with Gasteiger partial charge in [-0.25, -0.2) is 0 Å². The topological polar surface area (TPSA) is 30.5 Å². The van der Waals surface area contributed by atoms with E-state index in [0.29, 0.717) is 13.2 Å². The molecule has 0 saturated heterocycles. The predicted molar refractivity (Wildman–Crippen MR) is 73.9 cm³/mol. The van der Waals surface area contributed by atoms with Gasteiger partial charge in [-0.15, -0.1) is 11.3 Å². The number of rotatable bonds is 4. The molecule has 3 rings (SSSR count). The lowest BCUT2D eigenvalue weighted by Gasteiger charge is -2.19. The van der Waals surface area contributed by atoms with E-state index < -0.39 is 0 Å². The minimum atomic E-state index is 0.631. The fourth-order valence-corrected chi connectivity index (χ4v) is 2.65. The third-order valence-electron chi connectivity index (χ3n) is 2.82. The van der Waals surface area contributed by atoms with Crippen LogP contribution in [0.3, 0.4) is 0 Å². The van der Waals surface area contributed by atoms with Crippen molar-refractivity contribution in [2.24, 2.45) is 0 Å². The smallest absolute Gasteiger partial charge is 0.163 e. The third-order valence-corrected chi connectivity index (χ3v) is 3.76. The van der Waals surface area contributed by atoms with Crippen molar-refractivity contribution in [3.63, 3.8) is 0 Å². The van der Waals surface area contributed by atoms with Crippen molar-refractivity contribution >= 4 is 17.0 Å². The van der Waals surface area contributed by atoms with E-state index in [1.807, 2.05) is 18.2 Å². The Labute approximate surface area is 110 Å². The molecule has 94 valence electrons. The van der Waals surface area contributed by atoms with Gasteiger partial charge in [0.1, 0.15) is 13.2 Å². The fraction of sp³-hybridized carbons (Fsp3) is 0.286. The number of hydrogen-bond acceptors (Lipinski definition) is 4. The van der Waals surface area contributed by atoms with E-state index in [0.717, 1.165) is 30.2 Å². The van der Waals surface area contributed by atoms with Gasteiger partial charge in [0.2, 0.25) is 0 Å². The number of thiophene rings is 1. The Morgan fingerprint density at radius 2 is 2.00 bits per heavy atom. The molecule has 0 unspecified atom stereocenters. The first-order chi connectivity index (χ1) is 8.92. The van der Waals surface area contributed by atoms with Crippen LogP contribution in [0.15, 0.2) is 35.7 Å². The van der Waals surface area contributed by atoms with Gasteiger partial charge in [0.15, 0.2) is 11.5 Å². The molecular formula is C14H15NO2S. The van der Waals surface area contributed by atoms with Crippen LogP contribution in [0.2, 0.25) is 0 Å². The van der Waals surface area contributed by atoms with Gasteiger partial charge in [0.25, 0.3) is 0 Å². The second-order valence-corrected chi connectivity index (χ2v) is 5.15. The van der Waals surface area contributed by atoms with Crippen molar-refractivity contribution in [3.8, 4) is 11.5 Å². The zero-order chi connectivity index (χ0) is 12.2. The average molecular weight is 261 g/mol. The van der Waals surface area contributed by atoms with Gasteiger partial charge < -0.3 is 14.8 Å². The van der Waals surface area contributed by atoms with Crippen LogP contribution in [0, 0.1) is 0 Å². The van der Waals surface area contributed by atoms with E-state index >= 15 is 0 Å². The lowest BCUT2D eigenvalue weighted by molar-refractivity contribution is 0.171. The highest BCUT2D eigenvalue weighted by Gasteiger charge is 2.11. The zero-order valence-corrected chi connectivity index (χ0v) is 10.8. The molecule has 1 aromatic heterocycles. The highest BCUT2D eigenvalue weighted by molar-refractivity contribution is 7.09. The molecule has 0 bridgehead atoms. The molecule has 2 heterocycles. The summed E-state index contributed by atoms with van der Waals surface area (Å²) in [5.74, 6) is 1.67. The molecule has 0 radical (unpaired) electrons. The molecule has 3 nitrogen and oxygen atoms in total. The molecule has 1 aromatic carbocycles. The molecule has 0 spiro atoms. The van der Waals surface area contributed by atoms with Gasteiger partial charge in [-0.3, -0.25) is 0 Å². The molecule has 1 aliphatic rings. The van der Waals surface area contributed by atoms with Crippen LogP contribution in [-0.4, -0.2) is 19.8 Å². The Kier molecular flexibility index (Phi) is 3.37. The SMILES string of the molecule is c1csc(CCNc2ccc3c(c2)OCCO3)c1. The highest BCUT2D eigenvalue weighted by Crippen LogP contribution is 2.32. The molecule has 0 amide bonds. The number of ether oxygens (including phenoxy) is 2. The summed E-state index contributed by atoms with van der Waals surface area (Å²) < 4.78 is 11.0. The summed E-state index contributed by atoms with van der Waals surface area (Å²) in [7, 11) is 0. The number of benzene rings is 1. The Morgan fingerprint density at radius 1 is 1.11 bits per heavy atom. The summed E-state index contributed by atoms with van der Waals surface area (Å²) in [6.07, 6.45) is 1.05. The quantitative estimate of drug-likeness (QED) is 0.917. The molecular weight excluding hydrogens is 246 g/mol. The van der Waals surface area contributed by atoms with Crippen LogP contribution in [0.25, 0.3) is 0 Å². The monoisotopic (exact) mass is 261 g/mol. The second kappa shape index (κ2) is 5.31. The van der Waals surface area contributed by atoms with E-state index in [4.69, 9.17) is 9.47 Å². The molecule has 18 heavy (non-hydrogen) atoms. The predicted octanol–water partition coefficient (Wildman–Crippen LogP) is 3.17. The van der Waals surface area contributed by atoms with Crippen LogP contribution >= 0.6 is 11.3 Å². The maximum atomic E-state index is 5.55. The van der Waals surface area contributed by atoms with Crippen LogP contribution < -0.4 is 14.8 Å². The number of anilines is 1. The molecule has 0 saturated carbocycles. The first kappa shape index (κ1) is 11.4. The summed E-state index contributed by atoms with van der Waals surface area (Å²) in [6.45, 7) is 2.20. The van der Waals surface area contributed by atoms with E-state index in [9.17, 15) is 0 Å². The summed E-state index contributed by atoms with van der Waals surface area (Å²) in [5, 5.41) is 5.51. The standard InChI is InChI=1S/C14H15NO2S/c1-2-12(18-9-1)5-6-15-11-3-4-13-14(10-11)17-8-7-16-13/h1-4,9-10,15H,5-8H2. The van der Waals surface area contributed by atoms with Crippen LogP contribution in [0.5, 0.6) is 11.5 Å². The van der Waals surface area contributed by atoms with E-state index in [1.54, 1.807) is 11.3 Å². The Morgan fingerprint density at radius 3 is 2.83 bits per heavy atom. The molecule has 0 atom stereocenters. The van der Waals surface area contributed by atoms with E-state index in [2.05, 4.69) is 22.8 Å². The van der Waals surface area contributed by atoms with Crippen molar-refractivity contribution in [2.75, 3.05) is 25.1 Å². The molecule has 0 fully saturated rings. The normalized spacial score (nSPS) is 13.3. The van der Waals surface area contributed by atoms with Crippen LogP contribution in [0.1, 0.15) is 4.88 Å². The van der Waals surface area contributed by atoms with Crippen molar-refractivity contribution < 1.29 is 9.47 Å². The second-order valence-electron chi connectivity index (χ2n) is 4.11. The molecule has 1 N–H and O–H groups in total. The maximum absolute atomic E-state index is 5.55. The van der Waals surface area contributed by atoms with Crippen molar-refractivity contribution in [1.82, 2.24) is 0 Å². The summed E-state index contributed by atoms with van der Waals surface area (Å²) >= 11 is 1.80. The first-order valence-electron chi connectivity index (χ1n) is 6.08. The average Bonchev–Trinajstić information content (AvgIpc) is 2.92. The highest BCUT2D eigenvalue weighted by atomic mass is 32.1. The summed E-state index contributed by atoms with van der Waals surface area (Å²) in [6, 6.07) is 10.2. The van der Waals surface area contributed by atoms with Gasteiger partial charge in [0.05, 0.1) is 0 Å². The minimum absolute atomic E-state index is 0.631. The van der Waals surface area contributed by atoms with Gasteiger partial charge in [0, 0.05) is 23.2 Å². The first-order valence-corrected chi connectivity index (χ1v) is 6.96. The van der Waals surface area contributed by atoms with Gasteiger partial charge in [-0.05, 0) is 30.0 Å². The maximum Gasteiger partial charge on any atom is 0.163 e. The number of fused-ring (bicyclic) bond motifs is 1. The van der Waals surface area contributed by atoms with Gasteiger partial charge in [-0.2, -0.15) is 0 Å². The lowest BCUT2D eigenvalue weighted by Crippen LogP contribution is -2.15. The third kappa shape index (κ3) is 2.59. The van der Waals surface area contributed by atoms with Crippen molar-refractivity contribution in [3.05, 3.63) is 40.6 Å². The van der Waals surface area contributed by atoms with Gasteiger partial charge in [-0.1, -0.05) is 6.07 Å². The lowest BCUT2D eigenvalue weighted by atomic mass is 10.2. The number of hydrogen-bond donors (Lipinski definition) is 1. The fourth-order valence-electron chi connectivity index (χ4n) is 1.94.